The lowest BCUT2D eigenvalue weighted by Crippen LogP contribution is -2.17. The second-order valence-electron chi connectivity index (χ2n) is 4.65. The molecule has 0 aliphatic carbocycles. The smallest absolute Gasteiger partial charge is 0.354 e. The Balaban J connectivity index is 2.00. The zero-order chi connectivity index (χ0) is 14.5. The number of hydrogen-bond acceptors (Lipinski definition) is 3. The molecule has 20 heavy (non-hydrogen) atoms. The van der Waals surface area contributed by atoms with Crippen molar-refractivity contribution in [3.8, 4) is 0 Å². The third-order valence-electron chi connectivity index (χ3n) is 2.86. The summed E-state index contributed by atoms with van der Waals surface area (Å²) in [6.07, 6.45) is 1.53. The topological polar surface area (TPSA) is 53.4 Å². The van der Waals surface area contributed by atoms with E-state index < -0.39 is 5.97 Å². The van der Waals surface area contributed by atoms with Crippen LogP contribution in [0.5, 0.6) is 0 Å². The van der Waals surface area contributed by atoms with Gasteiger partial charge in [0.05, 0.1) is 0 Å². The molecule has 0 aliphatic rings. The van der Waals surface area contributed by atoms with Crippen molar-refractivity contribution in [2.45, 2.75) is 13.1 Å². The number of pyridine rings is 1. The summed E-state index contributed by atoms with van der Waals surface area (Å²) < 4.78 is 1.06. The summed E-state index contributed by atoms with van der Waals surface area (Å²) in [6, 6.07) is 11.6. The van der Waals surface area contributed by atoms with Crippen molar-refractivity contribution in [2.24, 2.45) is 0 Å². The van der Waals surface area contributed by atoms with Crippen molar-refractivity contribution in [1.29, 1.82) is 0 Å². The molecule has 0 unspecified atom stereocenters. The van der Waals surface area contributed by atoms with E-state index in [2.05, 4.69) is 37.9 Å². The van der Waals surface area contributed by atoms with Gasteiger partial charge in [0.15, 0.2) is 0 Å². The summed E-state index contributed by atoms with van der Waals surface area (Å²) in [6.45, 7) is 1.48. The highest BCUT2D eigenvalue weighted by atomic mass is 79.9. The Morgan fingerprint density at radius 1 is 1.20 bits per heavy atom. The van der Waals surface area contributed by atoms with Crippen LogP contribution in [0.25, 0.3) is 0 Å². The van der Waals surface area contributed by atoms with E-state index >= 15 is 0 Å². The number of benzene rings is 1. The predicted molar refractivity (Wildman–Crippen MR) is 80.5 cm³/mol. The van der Waals surface area contributed by atoms with Gasteiger partial charge in [0, 0.05) is 23.8 Å². The molecule has 0 atom stereocenters. The van der Waals surface area contributed by atoms with E-state index in [0.29, 0.717) is 6.54 Å². The molecule has 5 heteroatoms. The number of carboxylic acids is 1. The van der Waals surface area contributed by atoms with Gasteiger partial charge in [-0.1, -0.05) is 28.1 Å². The third-order valence-corrected chi connectivity index (χ3v) is 3.39. The fourth-order valence-electron chi connectivity index (χ4n) is 1.96. The SMILES string of the molecule is CN(Cc1ccc(Br)cc1)Cc1ccnc(C(=O)O)c1. The maximum Gasteiger partial charge on any atom is 0.354 e. The number of rotatable bonds is 5. The predicted octanol–water partition coefficient (Wildman–Crippen LogP) is 3.17. The molecule has 4 nitrogen and oxygen atoms in total. The van der Waals surface area contributed by atoms with Crippen LogP contribution in [-0.2, 0) is 13.1 Å². The lowest BCUT2D eigenvalue weighted by atomic mass is 10.2. The van der Waals surface area contributed by atoms with Crippen molar-refractivity contribution in [1.82, 2.24) is 9.88 Å². The average molecular weight is 335 g/mol. The number of halogens is 1. The van der Waals surface area contributed by atoms with Gasteiger partial charge in [0.25, 0.3) is 0 Å². The van der Waals surface area contributed by atoms with Crippen molar-refractivity contribution in [3.05, 3.63) is 63.9 Å². The Labute approximate surface area is 126 Å². The number of nitrogens with zero attached hydrogens (tertiary/aromatic N) is 2. The number of carbonyl (C=O) groups is 1. The minimum absolute atomic E-state index is 0.0829. The van der Waals surface area contributed by atoms with Gasteiger partial charge in [-0.3, -0.25) is 4.90 Å². The summed E-state index contributed by atoms with van der Waals surface area (Å²) in [5.74, 6) is -0.998. The van der Waals surface area contributed by atoms with Gasteiger partial charge >= 0.3 is 5.97 Å². The Bertz CT molecular complexity index is 599. The molecular formula is C15H15BrN2O2. The second kappa shape index (κ2) is 6.63. The van der Waals surface area contributed by atoms with Crippen LogP contribution in [-0.4, -0.2) is 28.0 Å². The first-order chi connectivity index (χ1) is 9.54. The van der Waals surface area contributed by atoms with Crippen molar-refractivity contribution in [3.63, 3.8) is 0 Å². The first-order valence-corrected chi connectivity index (χ1v) is 6.95. The molecule has 0 spiro atoms. The minimum Gasteiger partial charge on any atom is -0.477 e. The number of aromatic nitrogens is 1. The highest BCUT2D eigenvalue weighted by molar-refractivity contribution is 9.10. The maximum atomic E-state index is 10.9. The summed E-state index contributed by atoms with van der Waals surface area (Å²) in [5, 5.41) is 8.92. The number of hydrogen-bond donors (Lipinski definition) is 1. The van der Waals surface area contributed by atoms with E-state index in [4.69, 9.17) is 5.11 Å². The van der Waals surface area contributed by atoms with Crippen LogP contribution in [0.4, 0.5) is 0 Å². The normalized spacial score (nSPS) is 10.8. The molecule has 0 saturated carbocycles. The minimum atomic E-state index is -0.998. The van der Waals surface area contributed by atoms with E-state index in [1.165, 1.54) is 11.8 Å². The van der Waals surface area contributed by atoms with Crippen LogP contribution >= 0.6 is 15.9 Å². The van der Waals surface area contributed by atoms with E-state index in [1.54, 1.807) is 6.07 Å². The number of carboxylic acid groups (broad SMARTS) is 1. The van der Waals surface area contributed by atoms with E-state index in [-0.39, 0.29) is 5.69 Å². The first kappa shape index (κ1) is 14.7. The van der Waals surface area contributed by atoms with Crippen molar-refractivity contribution in [2.75, 3.05) is 7.05 Å². The molecule has 2 rings (SSSR count). The highest BCUT2D eigenvalue weighted by Gasteiger charge is 2.07. The van der Waals surface area contributed by atoms with Gasteiger partial charge in [-0.25, -0.2) is 9.78 Å². The van der Waals surface area contributed by atoms with Crippen LogP contribution in [0, 0.1) is 0 Å². The molecule has 1 N–H and O–H groups in total. The van der Waals surface area contributed by atoms with Crippen LogP contribution in [0.15, 0.2) is 47.1 Å². The van der Waals surface area contributed by atoms with E-state index in [9.17, 15) is 4.79 Å². The quantitative estimate of drug-likeness (QED) is 0.912. The molecule has 0 fully saturated rings. The highest BCUT2D eigenvalue weighted by Crippen LogP contribution is 2.13. The van der Waals surface area contributed by atoms with Gasteiger partial charge in [-0.05, 0) is 42.4 Å². The van der Waals surface area contributed by atoms with Gasteiger partial charge in [-0.15, -0.1) is 0 Å². The number of aromatic carboxylic acids is 1. The Hall–Kier alpha value is -1.72. The maximum absolute atomic E-state index is 10.9. The van der Waals surface area contributed by atoms with Gasteiger partial charge in [0.1, 0.15) is 5.69 Å². The Morgan fingerprint density at radius 3 is 2.50 bits per heavy atom. The molecule has 0 radical (unpaired) electrons. The molecule has 0 saturated heterocycles. The van der Waals surface area contributed by atoms with Crippen LogP contribution < -0.4 is 0 Å². The molecule has 1 heterocycles. The summed E-state index contributed by atoms with van der Waals surface area (Å²) in [4.78, 5) is 16.8. The molecule has 0 bridgehead atoms. The van der Waals surface area contributed by atoms with Crippen LogP contribution in [0.2, 0.25) is 0 Å². The lowest BCUT2D eigenvalue weighted by molar-refractivity contribution is 0.0690. The summed E-state index contributed by atoms with van der Waals surface area (Å²) in [5.41, 5.74) is 2.24. The average Bonchev–Trinajstić information content (AvgIpc) is 2.41. The molecule has 1 aromatic heterocycles. The Kier molecular flexibility index (Phi) is 4.87. The largest absolute Gasteiger partial charge is 0.477 e. The zero-order valence-corrected chi connectivity index (χ0v) is 12.7. The fourth-order valence-corrected chi connectivity index (χ4v) is 2.22. The fraction of sp³-hybridized carbons (Fsp3) is 0.200. The Morgan fingerprint density at radius 2 is 1.85 bits per heavy atom. The molecule has 1 aromatic carbocycles. The van der Waals surface area contributed by atoms with Crippen LogP contribution in [0.1, 0.15) is 21.6 Å². The molecule has 104 valence electrons. The van der Waals surface area contributed by atoms with Gasteiger partial charge in [0.2, 0.25) is 0 Å². The van der Waals surface area contributed by atoms with Crippen molar-refractivity contribution < 1.29 is 9.90 Å². The summed E-state index contributed by atoms with van der Waals surface area (Å²) in [7, 11) is 2.00. The van der Waals surface area contributed by atoms with E-state index in [1.807, 2.05) is 25.2 Å². The molecule has 0 aliphatic heterocycles. The molecular weight excluding hydrogens is 320 g/mol. The van der Waals surface area contributed by atoms with Gasteiger partial charge in [-0.2, -0.15) is 0 Å². The monoisotopic (exact) mass is 334 g/mol. The lowest BCUT2D eigenvalue weighted by Gasteiger charge is -2.17. The standard InChI is InChI=1S/C15H15BrN2O2/c1-18(9-11-2-4-13(16)5-3-11)10-12-6-7-17-14(8-12)15(19)20/h2-8H,9-10H2,1H3,(H,19,20). The third kappa shape index (κ3) is 4.15. The molecule has 2 aromatic rings. The first-order valence-electron chi connectivity index (χ1n) is 6.16. The van der Waals surface area contributed by atoms with Gasteiger partial charge < -0.3 is 5.11 Å². The zero-order valence-electron chi connectivity index (χ0n) is 11.1. The van der Waals surface area contributed by atoms with E-state index in [0.717, 1.165) is 16.6 Å². The van der Waals surface area contributed by atoms with Crippen molar-refractivity contribution >= 4 is 21.9 Å². The molecule has 0 amide bonds. The second-order valence-corrected chi connectivity index (χ2v) is 5.57. The van der Waals surface area contributed by atoms with Crippen LogP contribution in [0.3, 0.4) is 0 Å². The summed E-state index contributed by atoms with van der Waals surface area (Å²) >= 11 is 3.41.